The van der Waals surface area contributed by atoms with Crippen LogP contribution in [0.1, 0.15) is 96.4 Å². The van der Waals surface area contributed by atoms with Crippen molar-refractivity contribution < 1.29 is 18.3 Å². The third kappa shape index (κ3) is 7.17. The van der Waals surface area contributed by atoms with Crippen molar-refractivity contribution in [3.63, 3.8) is 0 Å². The van der Waals surface area contributed by atoms with Gasteiger partial charge >= 0.3 is 6.18 Å². The van der Waals surface area contributed by atoms with E-state index in [0.29, 0.717) is 24.9 Å². The molecule has 1 aromatic heterocycles. The molecule has 204 valence electrons. The van der Waals surface area contributed by atoms with Gasteiger partial charge in [-0.05, 0) is 101 Å². The van der Waals surface area contributed by atoms with E-state index in [1.54, 1.807) is 4.90 Å². The van der Waals surface area contributed by atoms with Crippen LogP contribution in [0, 0.1) is 0 Å². The fraction of sp³-hybridized carbons (Fsp3) is 0.548. The summed E-state index contributed by atoms with van der Waals surface area (Å²) < 4.78 is 38.3. The van der Waals surface area contributed by atoms with Crippen LogP contribution in [0.25, 0.3) is 16.5 Å². The van der Waals surface area contributed by atoms with E-state index in [9.17, 15) is 18.3 Å². The number of aliphatic hydroxyl groups is 1. The lowest BCUT2D eigenvalue weighted by Gasteiger charge is -2.33. The standard InChI is InChI=1S/C31H43F3N2O/c1-8-21(6)22(7)16-25(15-19(2)3)30-29(20(4)5)26-17-24(9-10-27(26)35-30)23-11-13-36(14-12-23)18-28(37)31(32,33)34/h9-10,15-17,20,23,28,35,37H,8,11-14,18H2,1-7H3/b22-21?,25-16+. The first-order valence-electron chi connectivity index (χ1n) is 13.5. The second-order valence-corrected chi connectivity index (χ2v) is 11.1. The van der Waals surface area contributed by atoms with Crippen molar-refractivity contribution >= 4 is 16.5 Å². The number of hydrogen-bond acceptors (Lipinski definition) is 2. The molecule has 0 amide bonds. The summed E-state index contributed by atoms with van der Waals surface area (Å²) in [6, 6.07) is 6.60. The zero-order valence-corrected chi connectivity index (χ0v) is 23.4. The number of nitrogens with one attached hydrogen (secondary N) is 1. The number of aromatic nitrogens is 1. The van der Waals surface area contributed by atoms with Gasteiger partial charge in [-0.3, -0.25) is 0 Å². The molecule has 2 heterocycles. The van der Waals surface area contributed by atoms with Gasteiger partial charge in [-0.25, -0.2) is 0 Å². The zero-order valence-electron chi connectivity index (χ0n) is 23.4. The lowest BCUT2D eigenvalue weighted by molar-refractivity contribution is -0.208. The van der Waals surface area contributed by atoms with Gasteiger partial charge in [0, 0.05) is 23.1 Å². The quantitative estimate of drug-likeness (QED) is 0.345. The van der Waals surface area contributed by atoms with E-state index in [0.717, 1.165) is 30.5 Å². The van der Waals surface area contributed by atoms with Crippen molar-refractivity contribution in [3.8, 4) is 0 Å². The summed E-state index contributed by atoms with van der Waals surface area (Å²) in [6.45, 7) is 16.0. The molecule has 1 saturated heterocycles. The smallest absolute Gasteiger partial charge is 0.382 e. The van der Waals surface area contributed by atoms with Crippen molar-refractivity contribution in [2.45, 2.75) is 91.8 Å². The number of rotatable bonds is 8. The average molecular weight is 517 g/mol. The Bertz CT molecular complexity index is 1170. The van der Waals surface area contributed by atoms with Gasteiger partial charge in [-0.15, -0.1) is 0 Å². The number of aliphatic hydroxyl groups excluding tert-OH is 1. The Labute approximate surface area is 220 Å². The Morgan fingerprint density at radius 1 is 1.11 bits per heavy atom. The van der Waals surface area contributed by atoms with Crippen LogP contribution in [0.15, 0.2) is 47.1 Å². The minimum absolute atomic E-state index is 0.298. The van der Waals surface area contributed by atoms with Crippen molar-refractivity contribution in [1.82, 2.24) is 9.88 Å². The van der Waals surface area contributed by atoms with Crippen LogP contribution < -0.4 is 0 Å². The zero-order chi connectivity index (χ0) is 27.5. The van der Waals surface area contributed by atoms with Gasteiger partial charge in [0.05, 0.1) is 0 Å². The first-order valence-corrected chi connectivity index (χ1v) is 13.5. The lowest BCUT2D eigenvalue weighted by Crippen LogP contribution is -2.43. The second-order valence-electron chi connectivity index (χ2n) is 11.1. The maximum atomic E-state index is 12.8. The van der Waals surface area contributed by atoms with Gasteiger partial charge in [0.2, 0.25) is 0 Å². The highest BCUT2D eigenvalue weighted by molar-refractivity contribution is 5.92. The Balaban J connectivity index is 1.95. The van der Waals surface area contributed by atoms with E-state index in [4.69, 9.17) is 0 Å². The van der Waals surface area contributed by atoms with E-state index < -0.39 is 12.3 Å². The third-order valence-electron chi connectivity index (χ3n) is 7.62. The van der Waals surface area contributed by atoms with Crippen molar-refractivity contribution in [1.29, 1.82) is 0 Å². The number of aromatic amines is 1. The number of alkyl halides is 3. The molecule has 1 aliphatic heterocycles. The molecule has 0 aliphatic carbocycles. The van der Waals surface area contributed by atoms with Crippen LogP contribution in [-0.4, -0.2) is 46.9 Å². The molecule has 2 aromatic rings. The molecule has 1 fully saturated rings. The van der Waals surface area contributed by atoms with E-state index >= 15 is 0 Å². The Morgan fingerprint density at radius 2 is 1.76 bits per heavy atom. The summed E-state index contributed by atoms with van der Waals surface area (Å²) >= 11 is 0. The van der Waals surface area contributed by atoms with Crippen LogP contribution >= 0.6 is 0 Å². The van der Waals surface area contributed by atoms with Crippen LogP contribution in [0.5, 0.6) is 0 Å². The average Bonchev–Trinajstić information content (AvgIpc) is 3.21. The number of fused-ring (bicyclic) bond motifs is 1. The molecule has 0 spiro atoms. The molecule has 0 saturated carbocycles. The van der Waals surface area contributed by atoms with E-state index in [-0.39, 0.29) is 6.54 Å². The van der Waals surface area contributed by atoms with Crippen molar-refractivity contribution in [3.05, 3.63) is 63.9 Å². The maximum Gasteiger partial charge on any atom is 0.415 e. The molecule has 1 unspecified atom stereocenters. The number of H-pyrrole nitrogens is 1. The minimum atomic E-state index is -4.57. The van der Waals surface area contributed by atoms with Gasteiger partial charge in [-0.2, -0.15) is 13.2 Å². The maximum absolute atomic E-state index is 12.8. The molecular formula is C31H43F3N2O. The van der Waals surface area contributed by atoms with E-state index in [1.165, 1.54) is 38.8 Å². The molecule has 3 rings (SSSR count). The van der Waals surface area contributed by atoms with E-state index in [1.807, 2.05) is 0 Å². The summed E-state index contributed by atoms with van der Waals surface area (Å²) in [5, 5.41) is 10.7. The molecule has 3 nitrogen and oxygen atoms in total. The first kappa shape index (κ1) is 29.2. The highest BCUT2D eigenvalue weighted by Gasteiger charge is 2.39. The highest BCUT2D eigenvalue weighted by Crippen LogP contribution is 2.38. The Kier molecular flexibility index (Phi) is 9.52. The molecule has 6 heteroatoms. The van der Waals surface area contributed by atoms with E-state index in [2.05, 4.69) is 83.8 Å². The molecular weight excluding hydrogens is 473 g/mol. The predicted octanol–water partition coefficient (Wildman–Crippen LogP) is 8.49. The van der Waals surface area contributed by atoms with Gasteiger partial charge in [0.25, 0.3) is 0 Å². The van der Waals surface area contributed by atoms with Gasteiger partial charge < -0.3 is 15.0 Å². The van der Waals surface area contributed by atoms with Crippen LogP contribution in [0.4, 0.5) is 13.2 Å². The topological polar surface area (TPSA) is 39.3 Å². The van der Waals surface area contributed by atoms with Gasteiger partial charge in [-0.1, -0.05) is 55.7 Å². The van der Waals surface area contributed by atoms with Crippen LogP contribution in [0.3, 0.4) is 0 Å². The van der Waals surface area contributed by atoms with Gasteiger partial charge in [0.15, 0.2) is 6.10 Å². The normalized spacial score (nSPS) is 17.9. The summed E-state index contributed by atoms with van der Waals surface area (Å²) in [4.78, 5) is 5.44. The SMILES string of the molecule is CCC(C)=C(C)/C=C(\C=C(C)C)c1[nH]c2ccc(C3CCN(CC(O)C(F)(F)F)CC3)cc2c1C(C)C. The number of likely N-dealkylation sites (tertiary alicyclic amines) is 1. The first-order chi connectivity index (χ1) is 17.3. The van der Waals surface area contributed by atoms with Gasteiger partial charge in [0.1, 0.15) is 0 Å². The van der Waals surface area contributed by atoms with Crippen LogP contribution in [-0.2, 0) is 0 Å². The highest BCUT2D eigenvalue weighted by atomic mass is 19.4. The number of piperidine rings is 1. The predicted molar refractivity (Wildman–Crippen MR) is 149 cm³/mol. The van der Waals surface area contributed by atoms with Crippen molar-refractivity contribution in [2.75, 3.05) is 19.6 Å². The fourth-order valence-corrected chi connectivity index (χ4v) is 5.24. The third-order valence-corrected chi connectivity index (χ3v) is 7.62. The number of halogens is 3. The molecule has 1 aliphatic rings. The summed E-state index contributed by atoms with van der Waals surface area (Å²) in [7, 11) is 0. The lowest BCUT2D eigenvalue weighted by atomic mass is 9.87. The minimum Gasteiger partial charge on any atom is -0.382 e. The molecule has 2 N–H and O–H groups in total. The molecule has 1 atom stereocenters. The number of hydrogen-bond donors (Lipinski definition) is 2. The van der Waals surface area contributed by atoms with Crippen molar-refractivity contribution in [2.24, 2.45) is 0 Å². The number of β-amino-alcohol motifs (C(OH)–C–C–N with tert-alkyl or cyclic N) is 1. The second kappa shape index (κ2) is 12.0. The number of allylic oxidation sites excluding steroid dienone is 6. The molecule has 0 radical (unpaired) electrons. The molecule has 37 heavy (non-hydrogen) atoms. The number of nitrogens with zero attached hydrogens (tertiary/aromatic N) is 1. The fourth-order valence-electron chi connectivity index (χ4n) is 5.24. The largest absolute Gasteiger partial charge is 0.415 e. The number of benzene rings is 1. The van der Waals surface area contributed by atoms with Crippen LogP contribution in [0.2, 0.25) is 0 Å². The summed E-state index contributed by atoms with van der Waals surface area (Å²) in [6.07, 6.45) is 0.273. The molecule has 1 aromatic carbocycles. The molecule has 0 bridgehead atoms. The Morgan fingerprint density at radius 3 is 2.30 bits per heavy atom. The Hall–Kier alpha value is -2.31. The monoisotopic (exact) mass is 516 g/mol. The summed E-state index contributed by atoms with van der Waals surface area (Å²) in [5.41, 5.74) is 9.88. The summed E-state index contributed by atoms with van der Waals surface area (Å²) in [5.74, 6) is 0.613.